The number of carbonyl (C=O) groups excluding carboxylic acids is 2. The van der Waals surface area contributed by atoms with Gasteiger partial charge in [-0.3, -0.25) is 33.4 Å². The zero-order chi connectivity index (χ0) is 61.6. The summed E-state index contributed by atoms with van der Waals surface area (Å²) in [6.07, 6.45) is 8.70. The number of hydrogen-bond donors (Lipinski definition) is 2. The number of amides is 1. The minimum Gasteiger partial charge on any atom is -0.493 e. The van der Waals surface area contributed by atoms with Gasteiger partial charge in [0, 0.05) is 25.5 Å². The van der Waals surface area contributed by atoms with Crippen LogP contribution in [-0.4, -0.2) is 87.5 Å². The van der Waals surface area contributed by atoms with Crippen molar-refractivity contribution < 1.29 is 23.8 Å². The molecule has 11 rings (SSSR count). The van der Waals surface area contributed by atoms with Crippen LogP contribution < -0.4 is 30.4 Å². The van der Waals surface area contributed by atoms with E-state index in [0.717, 1.165) is 78.7 Å². The van der Waals surface area contributed by atoms with E-state index in [4.69, 9.17) is 49.5 Å². The number of methoxy groups -OCH3 is 1. The number of thiocarbonyl (C=S) groups is 2. The summed E-state index contributed by atoms with van der Waals surface area (Å²) in [6.45, 7) is 26.8. The third-order valence-electron chi connectivity index (χ3n) is 16.0. The molecular weight excluding hydrogens is 1130 g/mol. The Morgan fingerprint density at radius 3 is 1.71 bits per heavy atom. The number of isothiocyanates is 1. The number of nitrogens with zero attached hydrogens (tertiary/aromatic N) is 11. The molecule has 22 heteroatoms. The van der Waals surface area contributed by atoms with Crippen LogP contribution >= 0.6 is 24.4 Å². The standard InChI is InChI=1S/C31H31N7O3S.C24H30N4O4.C9H6N2S/c1-6-9-23-25-26(36(5)35-23)28(39)34-27(33-25)21-17-20(11-13-24(21)41-7-2)38-30(42)37(29(40)31(38)14-8-15-31)19-10-12-22(32-4)18(3)16-19;1-5-8-17-19-20(28(3)27-17)22(29)26-21(25-19)16-13-15(9-10-18(16)32-6-2)14-24(11-7-12-24)23(30)31-4;1-7-5-8(11-6-12)3-4-9(7)10-2/h10-13,16-17H,6-9,14-15H2,1-3,5H3,(H,33,34,39);9-10,13H,5-8,11-12,14H2,1-4H3,(H,25,26,29);3-5H,1H3. The topological polar surface area (TPSA) is 217 Å². The van der Waals surface area contributed by atoms with E-state index in [9.17, 15) is 19.2 Å². The summed E-state index contributed by atoms with van der Waals surface area (Å²) >= 11 is 10.4. The van der Waals surface area contributed by atoms with E-state index in [1.54, 1.807) is 52.6 Å². The average Bonchev–Trinajstić information content (AvgIpc) is 1.59. The van der Waals surface area contributed by atoms with Crippen LogP contribution in [0.25, 0.3) is 54.5 Å². The first-order valence-electron chi connectivity index (χ1n) is 28.7. The van der Waals surface area contributed by atoms with Gasteiger partial charge in [0.25, 0.3) is 17.0 Å². The third kappa shape index (κ3) is 11.7. The van der Waals surface area contributed by atoms with Gasteiger partial charge in [0.2, 0.25) is 0 Å². The van der Waals surface area contributed by atoms with Crippen molar-refractivity contribution in [1.82, 2.24) is 39.5 Å². The molecule has 86 heavy (non-hydrogen) atoms. The number of aliphatic imine (C=N–C) groups is 1. The molecule has 442 valence electrons. The first kappa shape index (κ1) is 61.4. The van der Waals surface area contributed by atoms with E-state index in [-0.39, 0.29) is 23.0 Å². The van der Waals surface area contributed by atoms with E-state index in [2.05, 4.69) is 66.1 Å². The van der Waals surface area contributed by atoms with Crippen molar-refractivity contribution in [3.63, 3.8) is 0 Å². The maximum atomic E-state index is 14.0. The monoisotopic (exact) mass is 1190 g/mol. The molecule has 5 heterocycles. The summed E-state index contributed by atoms with van der Waals surface area (Å²) < 4.78 is 20.1. The molecule has 0 unspecified atom stereocenters. The maximum absolute atomic E-state index is 14.0. The Bertz CT molecular complexity index is 4230. The maximum Gasteiger partial charge on any atom is 0.312 e. The van der Waals surface area contributed by atoms with Crippen LogP contribution in [-0.2, 0) is 47.7 Å². The summed E-state index contributed by atoms with van der Waals surface area (Å²) in [5.74, 6) is 1.78. The number of anilines is 2. The molecule has 2 N–H and O–H groups in total. The van der Waals surface area contributed by atoms with Gasteiger partial charge in [-0.1, -0.05) is 51.3 Å². The summed E-state index contributed by atoms with van der Waals surface area (Å²) in [7, 11) is 4.95. The molecule has 4 aromatic carbocycles. The second-order valence-corrected chi connectivity index (χ2v) is 22.1. The van der Waals surface area contributed by atoms with Gasteiger partial charge < -0.3 is 29.1 Å². The van der Waals surface area contributed by atoms with Gasteiger partial charge in [-0.05, 0) is 175 Å². The minimum absolute atomic E-state index is 0.0725. The van der Waals surface area contributed by atoms with Crippen molar-refractivity contribution in [2.24, 2.45) is 24.5 Å². The lowest BCUT2D eigenvalue weighted by molar-refractivity contribution is -0.158. The first-order valence-corrected chi connectivity index (χ1v) is 29.5. The van der Waals surface area contributed by atoms with E-state index in [1.165, 1.54) is 7.11 Å². The van der Waals surface area contributed by atoms with Crippen molar-refractivity contribution in [2.75, 3.05) is 30.1 Å². The summed E-state index contributed by atoms with van der Waals surface area (Å²) in [6, 6.07) is 22.1. The summed E-state index contributed by atoms with van der Waals surface area (Å²) in [5.41, 5.74) is 9.14. The predicted octanol–water partition coefficient (Wildman–Crippen LogP) is 12.4. The van der Waals surface area contributed by atoms with E-state index < -0.39 is 11.0 Å². The smallest absolute Gasteiger partial charge is 0.312 e. The van der Waals surface area contributed by atoms with E-state index in [1.807, 2.05) is 81.1 Å². The summed E-state index contributed by atoms with van der Waals surface area (Å²) in [5, 5.41) is 11.7. The number of ether oxygens (including phenoxy) is 3. The molecule has 0 atom stereocenters. The lowest BCUT2D eigenvalue weighted by Crippen LogP contribution is -2.55. The lowest BCUT2D eigenvalue weighted by atomic mass is 9.65. The third-order valence-corrected chi connectivity index (χ3v) is 16.4. The highest BCUT2D eigenvalue weighted by atomic mass is 32.1. The highest BCUT2D eigenvalue weighted by Gasteiger charge is 2.59. The van der Waals surface area contributed by atoms with Crippen LogP contribution in [0.2, 0.25) is 0 Å². The van der Waals surface area contributed by atoms with Crippen molar-refractivity contribution >= 4 is 97.1 Å². The fourth-order valence-corrected chi connectivity index (χ4v) is 12.1. The molecule has 3 fully saturated rings. The molecule has 2 saturated carbocycles. The van der Waals surface area contributed by atoms with E-state index >= 15 is 0 Å². The second-order valence-electron chi connectivity index (χ2n) is 21.6. The highest BCUT2D eigenvalue weighted by Crippen LogP contribution is 2.50. The van der Waals surface area contributed by atoms with Gasteiger partial charge in [0.15, 0.2) is 27.5 Å². The zero-order valence-electron chi connectivity index (χ0n) is 49.7. The van der Waals surface area contributed by atoms with Crippen LogP contribution in [0.1, 0.15) is 107 Å². The van der Waals surface area contributed by atoms with Gasteiger partial charge >= 0.3 is 5.97 Å². The predicted molar refractivity (Wildman–Crippen MR) is 340 cm³/mol. The number of esters is 1. The van der Waals surface area contributed by atoms with Crippen LogP contribution in [0.3, 0.4) is 0 Å². The molecular formula is C64H67N13O7S2. The number of H-pyrrole nitrogens is 2. The number of hydrogen-bond acceptors (Lipinski definition) is 14. The molecule has 4 aromatic heterocycles. The minimum atomic E-state index is -0.795. The Morgan fingerprint density at radius 1 is 0.721 bits per heavy atom. The molecule has 1 amide bonds. The summed E-state index contributed by atoms with van der Waals surface area (Å²) in [4.78, 5) is 82.4. The Kier molecular flexibility index (Phi) is 18.5. The van der Waals surface area contributed by atoms with Gasteiger partial charge in [-0.2, -0.15) is 15.2 Å². The van der Waals surface area contributed by atoms with E-state index in [0.29, 0.717) is 123 Å². The zero-order valence-corrected chi connectivity index (χ0v) is 51.3. The number of aromatic amines is 2. The molecule has 2 aliphatic carbocycles. The van der Waals surface area contributed by atoms with Crippen molar-refractivity contribution in [3.8, 4) is 34.3 Å². The quantitative estimate of drug-likeness (QED) is 0.0398. The molecule has 0 radical (unpaired) electrons. The normalized spacial score (nSPS) is 14.5. The lowest BCUT2D eigenvalue weighted by Gasteiger charge is -2.43. The van der Waals surface area contributed by atoms with Crippen LogP contribution in [0.5, 0.6) is 11.5 Å². The Morgan fingerprint density at radius 2 is 1.24 bits per heavy atom. The molecule has 0 bridgehead atoms. The van der Waals surface area contributed by atoms with Gasteiger partial charge in [0.05, 0.1) is 72.2 Å². The number of rotatable bonds is 16. The number of aromatic nitrogens is 8. The molecule has 20 nitrogen and oxygen atoms in total. The fraction of sp³-hybridized carbons (Fsp3) is 0.375. The first-order chi connectivity index (χ1) is 41.4. The highest BCUT2D eigenvalue weighted by molar-refractivity contribution is 7.81. The number of aryl methyl sites for hydroxylation is 6. The van der Waals surface area contributed by atoms with Gasteiger partial charge in [-0.15, -0.1) is 0 Å². The second kappa shape index (κ2) is 26.0. The van der Waals surface area contributed by atoms with Crippen molar-refractivity contribution in [2.45, 2.75) is 118 Å². The van der Waals surface area contributed by atoms with Crippen LogP contribution in [0.15, 0.2) is 87.4 Å². The fourth-order valence-electron chi connectivity index (χ4n) is 11.5. The van der Waals surface area contributed by atoms with Gasteiger partial charge in [-0.25, -0.2) is 19.7 Å². The Labute approximate surface area is 508 Å². The molecule has 1 spiro atoms. The number of carbonyl (C=O) groups is 2. The number of fused-ring (bicyclic) bond motifs is 2. The SMILES string of the molecule is CCCc1nn(C)c2c(=O)[nH]c(-c3cc(CC4(C(=O)OC)CCC4)ccc3OCC)nc12.[C-]#[N+]c1ccc(N2C(=O)C3(CCC3)N(c3ccc(OCC)c(-c4nc5c(CCC)nn(C)c5c(=O)[nH]4)c3)C2=S)cc1C.[C-]#[N+]c1ccc(N=C=S)cc1C. The number of benzene rings is 4. The molecule has 1 aliphatic heterocycles. The number of nitrogens with one attached hydrogen (secondary N) is 2. The van der Waals surface area contributed by atoms with Crippen molar-refractivity contribution in [1.29, 1.82) is 0 Å². The average molecular weight is 1190 g/mol. The van der Waals surface area contributed by atoms with Crippen LogP contribution in [0.4, 0.5) is 28.4 Å². The molecule has 8 aromatic rings. The molecule has 3 aliphatic rings. The van der Waals surface area contributed by atoms with Crippen LogP contribution in [0, 0.1) is 32.4 Å². The Hall–Kier alpha value is -9.21. The Balaban J connectivity index is 0.000000177. The largest absolute Gasteiger partial charge is 0.493 e. The van der Waals surface area contributed by atoms with Gasteiger partial charge in [0.1, 0.15) is 39.7 Å². The molecule has 1 saturated heterocycles. The van der Waals surface area contributed by atoms with Crippen molar-refractivity contribution in [3.05, 3.63) is 144 Å².